The first-order valence-electron chi connectivity index (χ1n) is 5.24. The third kappa shape index (κ3) is 1.56. The number of nitrogens with zero attached hydrogens (tertiary/aromatic N) is 2. The van der Waals surface area contributed by atoms with E-state index in [0.717, 1.165) is 16.3 Å². The second-order valence-electron chi connectivity index (χ2n) is 3.82. The van der Waals surface area contributed by atoms with Gasteiger partial charge in [0.05, 0.1) is 22.7 Å². The van der Waals surface area contributed by atoms with Crippen LogP contribution in [0.2, 0.25) is 0 Å². The molecule has 0 spiro atoms. The van der Waals surface area contributed by atoms with Gasteiger partial charge in [-0.25, -0.2) is 4.98 Å². The van der Waals surface area contributed by atoms with Gasteiger partial charge in [0.2, 0.25) is 0 Å². The maximum absolute atomic E-state index is 12.3. The summed E-state index contributed by atoms with van der Waals surface area (Å²) in [7, 11) is 0. The summed E-state index contributed by atoms with van der Waals surface area (Å²) in [6, 6.07) is 11.7. The van der Waals surface area contributed by atoms with Crippen molar-refractivity contribution in [2.24, 2.45) is 0 Å². The summed E-state index contributed by atoms with van der Waals surface area (Å²) in [5.74, 6) is 0. The van der Waals surface area contributed by atoms with Gasteiger partial charge in [-0.2, -0.15) is 0 Å². The van der Waals surface area contributed by atoms with Crippen molar-refractivity contribution < 1.29 is 0 Å². The first kappa shape index (κ1) is 10.5. The molecule has 0 radical (unpaired) electrons. The van der Waals surface area contributed by atoms with Crippen molar-refractivity contribution in [3.8, 4) is 0 Å². The molecule has 0 saturated carbocycles. The van der Waals surface area contributed by atoms with E-state index in [0.29, 0.717) is 10.8 Å². The fourth-order valence-corrected chi connectivity index (χ4v) is 2.36. The van der Waals surface area contributed by atoms with Crippen molar-refractivity contribution in [1.29, 1.82) is 0 Å². The highest BCUT2D eigenvalue weighted by atomic mass is 79.9. The third-order valence-corrected chi connectivity index (χ3v) is 3.39. The molecule has 3 rings (SSSR count). The lowest BCUT2D eigenvalue weighted by Crippen LogP contribution is -2.18. The van der Waals surface area contributed by atoms with Crippen LogP contribution >= 0.6 is 15.9 Å². The van der Waals surface area contributed by atoms with Gasteiger partial charge in [0.15, 0.2) is 0 Å². The van der Waals surface area contributed by atoms with Crippen LogP contribution in [0.1, 0.15) is 0 Å². The van der Waals surface area contributed by atoms with Crippen LogP contribution in [0.15, 0.2) is 47.5 Å². The van der Waals surface area contributed by atoms with E-state index in [-0.39, 0.29) is 5.56 Å². The summed E-state index contributed by atoms with van der Waals surface area (Å²) < 4.78 is 1.55. The largest absolute Gasteiger partial charge is 0.288 e. The summed E-state index contributed by atoms with van der Waals surface area (Å²) >= 11 is 3.28. The minimum absolute atomic E-state index is 0.0105. The highest BCUT2D eigenvalue weighted by Gasteiger charge is 2.06. The molecule has 0 N–H and O–H groups in total. The predicted octanol–water partition coefficient (Wildman–Crippen LogP) is 2.90. The maximum atomic E-state index is 12.3. The van der Waals surface area contributed by atoms with Crippen LogP contribution in [0.25, 0.3) is 21.7 Å². The SMILES string of the molecule is O=c1c2c(ccc3ccccc32)ncn1CBr. The zero-order valence-electron chi connectivity index (χ0n) is 8.93. The molecule has 4 heteroatoms. The molecule has 0 fully saturated rings. The molecule has 0 aliphatic rings. The van der Waals surface area contributed by atoms with Gasteiger partial charge < -0.3 is 0 Å². The minimum Gasteiger partial charge on any atom is -0.288 e. The van der Waals surface area contributed by atoms with Crippen molar-refractivity contribution in [3.63, 3.8) is 0 Å². The molecule has 0 bridgehead atoms. The molecule has 1 aromatic heterocycles. The van der Waals surface area contributed by atoms with Crippen molar-refractivity contribution in [3.05, 3.63) is 53.1 Å². The Kier molecular flexibility index (Phi) is 2.44. The first-order valence-corrected chi connectivity index (χ1v) is 6.36. The summed E-state index contributed by atoms with van der Waals surface area (Å²) in [6.45, 7) is 0. The molecule has 0 atom stereocenters. The Labute approximate surface area is 106 Å². The molecule has 3 nitrogen and oxygen atoms in total. The number of halogens is 1. The molecule has 0 saturated heterocycles. The van der Waals surface area contributed by atoms with Crippen LogP contribution in [0.5, 0.6) is 0 Å². The van der Waals surface area contributed by atoms with Crippen molar-refractivity contribution >= 4 is 37.6 Å². The molecule has 0 aliphatic carbocycles. The minimum atomic E-state index is -0.0105. The molecule has 84 valence electrons. The summed E-state index contributed by atoms with van der Waals surface area (Å²) in [4.78, 5) is 16.6. The van der Waals surface area contributed by atoms with Gasteiger partial charge in [0.25, 0.3) is 5.56 Å². The second-order valence-corrected chi connectivity index (χ2v) is 4.32. The molecule has 2 aromatic carbocycles. The van der Waals surface area contributed by atoms with Crippen molar-refractivity contribution in [1.82, 2.24) is 9.55 Å². The topological polar surface area (TPSA) is 34.9 Å². The van der Waals surface area contributed by atoms with E-state index >= 15 is 0 Å². The molecule has 3 aromatic rings. The van der Waals surface area contributed by atoms with E-state index < -0.39 is 0 Å². The Hall–Kier alpha value is -1.68. The Morgan fingerprint density at radius 2 is 2.00 bits per heavy atom. The van der Waals surface area contributed by atoms with Crippen LogP contribution in [0.3, 0.4) is 0 Å². The van der Waals surface area contributed by atoms with Crippen LogP contribution in [0.4, 0.5) is 0 Å². The van der Waals surface area contributed by atoms with Crippen molar-refractivity contribution in [2.75, 3.05) is 0 Å². The van der Waals surface area contributed by atoms with E-state index in [1.807, 2.05) is 36.4 Å². The maximum Gasteiger partial charge on any atom is 0.262 e. The fraction of sp³-hybridized carbons (Fsp3) is 0.0769. The van der Waals surface area contributed by atoms with E-state index in [4.69, 9.17) is 0 Å². The monoisotopic (exact) mass is 288 g/mol. The number of aromatic nitrogens is 2. The Bertz CT molecular complexity index is 764. The van der Waals surface area contributed by atoms with Gasteiger partial charge >= 0.3 is 0 Å². The fourth-order valence-electron chi connectivity index (χ4n) is 2.01. The molecule has 1 heterocycles. The van der Waals surface area contributed by atoms with Gasteiger partial charge in [-0.05, 0) is 16.8 Å². The quantitative estimate of drug-likeness (QED) is 0.510. The summed E-state index contributed by atoms with van der Waals surface area (Å²) in [5, 5.41) is 2.70. The highest BCUT2D eigenvalue weighted by Crippen LogP contribution is 2.20. The number of hydrogen-bond donors (Lipinski definition) is 0. The van der Waals surface area contributed by atoms with Crippen LogP contribution < -0.4 is 5.56 Å². The normalized spacial score (nSPS) is 11.1. The van der Waals surface area contributed by atoms with E-state index in [2.05, 4.69) is 20.9 Å². The Morgan fingerprint density at radius 3 is 2.82 bits per heavy atom. The standard InChI is InChI=1S/C13H9BrN2O/c14-7-16-8-15-11-6-5-9-3-1-2-4-10(9)12(11)13(16)17/h1-6,8H,7H2. The molecular weight excluding hydrogens is 280 g/mol. The predicted molar refractivity (Wildman–Crippen MR) is 72.4 cm³/mol. The highest BCUT2D eigenvalue weighted by molar-refractivity contribution is 9.08. The van der Waals surface area contributed by atoms with E-state index in [1.165, 1.54) is 0 Å². The Morgan fingerprint density at radius 1 is 1.18 bits per heavy atom. The average molecular weight is 289 g/mol. The van der Waals surface area contributed by atoms with E-state index in [1.54, 1.807) is 10.9 Å². The first-order chi connectivity index (χ1) is 8.31. The molecule has 17 heavy (non-hydrogen) atoms. The smallest absolute Gasteiger partial charge is 0.262 e. The lowest BCUT2D eigenvalue weighted by Gasteiger charge is -2.05. The second kappa shape index (κ2) is 3.96. The summed E-state index contributed by atoms with van der Waals surface area (Å²) in [5.41, 5.74) is 1.19. The zero-order valence-corrected chi connectivity index (χ0v) is 10.5. The average Bonchev–Trinajstić information content (AvgIpc) is 2.38. The van der Waals surface area contributed by atoms with Crippen molar-refractivity contribution in [2.45, 2.75) is 5.45 Å². The zero-order chi connectivity index (χ0) is 11.8. The molecular formula is C13H9BrN2O. The molecule has 0 aliphatic heterocycles. The lowest BCUT2D eigenvalue weighted by molar-refractivity contribution is 0.834. The number of hydrogen-bond acceptors (Lipinski definition) is 2. The van der Waals surface area contributed by atoms with Gasteiger partial charge in [0, 0.05) is 0 Å². The molecule has 0 amide bonds. The number of alkyl halides is 1. The van der Waals surface area contributed by atoms with Gasteiger partial charge in [0.1, 0.15) is 0 Å². The van der Waals surface area contributed by atoms with Gasteiger partial charge in [-0.1, -0.05) is 46.3 Å². The Balaban J connectivity index is 2.60. The number of rotatable bonds is 1. The number of fused-ring (bicyclic) bond motifs is 3. The summed E-state index contributed by atoms with van der Waals surface area (Å²) in [6.07, 6.45) is 1.56. The van der Waals surface area contributed by atoms with Crippen LogP contribution in [-0.4, -0.2) is 9.55 Å². The molecule has 0 unspecified atom stereocenters. The van der Waals surface area contributed by atoms with Crippen LogP contribution in [-0.2, 0) is 5.45 Å². The number of benzene rings is 2. The van der Waals surface area contributed by atoms with Crippen LogP contribution in [0, 0.1) is 0 Å². The van der Waals surface area contributed by atoms with Gasteiger partial charge in [-0.3, -0.25) is 9.36 Å². The lowest BCUT2D eigenvalue weighted by atomic mass is 10.1. The van der Waals surface area contributed by atoms with E-state index in [9.17, 15) is 4.79 Å². The third-order valence-electron chi connectivity index (χ3n) is 2.85. The van der Waals surface area contributed by atoms with Gasteiger partial charge in [-0.15, -0.1) is 0 Å².